The highest BCUT2D eigenvalue weighted by Gasteiger charge is 2.11. The fraction of sp³-hybridized carbons (Fsp3) is 0.308. The van der Waals surface area contributed by atoms with Crippen molar-refractivity contribution >= 4 is 15.5 Å². The average molecular weight is 313 g/mol. The predicted molar refractivity (Wildman–Crippen MR) is 76.1 cm³/mol. The van der Waals surface area contributed by atoms with Crippen LogP contribution in [-0.4, -0.2) is 36.2 Å². The van der Waals surface area contributed by atoms with Crippen LogP contribution < -0.4 is 5.32 Å². The number of rotatable bonds is 6. The van der Waals surface area contributed by atoms with Crippen LogP contribution in [0.15, 0.2) is 35.5 Å². The summed E-state index contributed by atoms with van der Waals surface area (Å²) >= 11 is 0. The van der Waals surface area contributed by atoms with Crippen molar-refractivity contribution in [2.24, 2.45) is 0 Å². The molecule has 2 N–H and O–H groups in total. The molecule has 0 saturated carbocycles. The van der Waals surface area contributed by atoms with Gasteiger partial charge in [-0.25, -0.2) is 12.8 Å². The molecule has 2 aromatic rings. The third-order valence-corrected chi connectivity index (χ3v) is 3.97. The molecule has 0 spiro atoms. The van der Waals surface area contributed by atoms with Crippen molar-refractivity contribution < 1.29 is 17.9 Å². The number of sulfone groups is 1. The van der Waals surface area contributed by atoms with Crippen LogP contribution in [0.25, 0.3) is 0 Å². The molecule has 0 saturated heterocycles. The summed E-state index contributed by atoms with van der Waals surface area (Å²) in [5, 5.41) is 15.7. The van der Waals surface area contributed by atoms with Crippen LogP contribution in [0.4, 0.5) is 10.1 Å². The first-order valence-electron chi connectivity index (χ1n) is 6.26. The van der Waals surface area contributed by atoms with Gasteiger partial charge in [0.05, 0.1) is 29.9 Å². The van der Waals surface area contributed by atoms with E-state index in [0.717, 1.165) is 17.9 Å². The maximum Gasteiger partial charge on any atom is 0.175 e. The predicted octanol–water partition coefficient (Wildman–Crippen LogP) is 1.03. The maximum atomic E-state index is 13.7. The van der Waals surface area contributed by atoms with Gasteiger partial charge in [-0.15, -0.1) is 0 Å². The number of hydrogen-bond acceptors (Lipinski definition) is 5. The summed E-state index contributed by atoms with van der Waals surface area (Å²) in [7, 11) is -3.38. The Kier molecular flexibility index (Phi) is 4.59. The number of anilines is 1. The van der Waals surface area contributed by atoms with Crippen LogP contribution in [0.2, 0.25) is 0 Å². The van der Waals surface area contributed by atoms with E-state index in [2.05, 4.69) is 10.4 Å². The molecule has 8 heteroatoms. The second-order valence-electron chi connectivity index (χ2n) is 4.60. The highest BCUT2D eigenvalue weighted by Crippen LogP contribution is 2.20. The monoisotopic (exact) mass is 313 g/mol. The summed E-state index contributed by atoms with van der Waals surface area (Å²) in [6.07, 6.45) is 4.39. The average Bonchev–Trinajstić information content (AvgIpc) is 2.84. The Bertz CT molecular complexity index is 728. The van der Waals surface area contributed by atoms with E-state index < -0.39 is 15.7 Å². The zero-order valence-corrected chi connectivity index (χ0v) is 12.3. The minimum Gasteiger partial charge on any atom is -0.394 e. The molecule has 6 nitrogen and oxygen atoms in total. The molecular formula is C13H16FN3O3S. The molecule has 0 aliphatic rings. The van der Waals surface area contributed by atoms with Gasteiger partial charge in [0.15, 0.2) is 9.84 Å². The number of nitrogens with one attached hydrogen (secondary N) is 1. The summed E-state index contributed by atoms with van der Waals surface area (Å²) in [5.41, 5.74) is 0.917. The molecular weight excluding hydrogens is 297 g/mol. The highest BCUT2D eigenvalue weighted by atomic mass is 32.2. The molecule has 114 valence electrons. The van der Waals surface area contributed by atoms with E-state index in [4.69, 9.17) is 5.11 Å². The second-order valence-corrected chi connectivity index (χ2v) is 6.62. The van der Waals surface area contributed by atoms with Crippen molar-refractivity contribution in [3.63, 3.8) is 0 Å². The van der Waals surface area contributed by atoms with E-state index in [1.165, 1.54) is 12.1 Å². The van der Waals surface area contributed by atoms with Crippen molar-refractivity contribution in [2.75, 3.05) is 18.2 Å². The third kappa shape index (κ3) is 4.02. The molecule has 0 radical (unpaired) electrons. The molecule has 0 amide bonds. The molecule has 1 aromatic carbocycles. The molecule has 0 bridgehead atoms. The molecule has 2 rings (SSSR count). The lowest BCUT2D eigenvalue weighted by Crippen LogP contribution is -2.04. The van der Waals surface area contributed by atoms with Gasteiger partial charge in [0.2, 0.25) is 0 Å². The first-order valence-corrected chi connectivity index (χ1v) is 8.15. The van der Waals surface area contributed by atoms with Crippen LogP contribution >= 0.6 is 0 Å². The zero-order chi connectivity index (χ0) is 15.5. The van der Waals surface area contributed by atoms with Crippen LogP contribution in [0, 0.1) is 5.82 Å². The number of aromatic nitrogens is 2. The number of halogens is 1. The van der Waals surface area contributed by atoms with Crippen molar-refractivity contribution in [1.29, 1.82) is 0 Å². The van der Waals surface area contributed by atoms with Gasteiger partial charge in [0.25, 0.3) is 0 Å². The van der Waals surface area contributed by atoms with E-state index >= 15 is 0 Å². The van der Waals surface area contributed by atoms with Gasteiger partial charge in [0.1, 0.15) is 5.82 Å². The number of aliphatic hydroxyl groups excluding tert-OH is 1. The molecule has 0 unspecified atom stereocenters. The first kappa shape index (κ1) is 15.5. The largest absolute Gasteiger partial charge is 0.394 e. The van der Waals surface area contributed by atoms with Gasteiger partial charge in [-0.2, -0.15) is 5.10 Å². The Morgan fingerprint density at radius 2 is 2.19 bits per heavy atom. The van der Waals surface area contributed by atoms with E-state index in [9.17, 15) is 12.8 Å². The molecule has 0 fully saturated rings. The van der Waals surface area contributed by atoms with Crippen molar-refractivity contribution in [3.05, 3.63) is 42.0 Å². The minimum absolute atomic E-state index is 0.0143. The lowest BCUT2D eigenvalue weighted by Gasteiger charge is -2.08. The van der Waals surface area contributed by atoms with Gasteiger partial charge >= 0.3 is 0 Å². The Hall–Kier alpha value is -1.93. The number of hydrogen-bond donors (Lipinski definition) is 2. The van der Waals surface area contributed by atoms with Gasteiger partial charge < -0.3 is 10.4 Å². The van der Waals surface area contributed by atoms with E-state index in [1.807, 2.05) is 0 Å². The molecule has 0 aliphatic heterocycles. The van der Waals surface area contributed by atoms with Crippen LogP contribution in [0.3, 0.4) is 0 Å². The lowest BCUT2D eigenvalue weighted by molar-refractivity contribution is 0.269. The van der Waals surface area contributed by atoms with Gasteiger partial charge in [-0.1, -0.05) is 0 Å². The Labute approximate surface area is 122 Å². The van der Waals surface area contributed by atoms with Crippen molar-refractivity contribution in [3.8, 4) is 0 Å². The molecule has 0 aliphatic carbocycles. The number of benzene rings is 1. The summed E-state index contributed by atoms with van der Waals surface area (Å²) in [6, 6.07) is 3.62. The third-order valence-electron chi connectivity index (χ3n) is 2.86. The number of nitrogens with zero attached hydrogens (tertiary/aromatic N) is 2. The molecule has 1 heterocycles. The lowest BCUT2D eigenvalue weighted by atomic mass is 10.3. The highest BCUT2D eigenvalue weighted by molar-refractivity contribution is 7.90. The topological polar surface area (TPSA) is 84.2 Å². The Morgan fingerprint density at radius 3 is 2.86 bits per heavy atom. The fourth-order valence-electron chi connectivity index (χ4n) is 1.79. The quantitative estimate of drug-likeness (QED) is 0.778. The summed E-state index contributed by atoms with van der Waals surface area (Å²) < 4.78 is 38.2. The van der Waals surface area contributed by atoms with Crippen molar-refractivity contribution in [2.45, 2.75) is 18.0 Å². The fourth-order valence-corrected chi connectivity index (χ4v) is 2.44. The van der Waals surface area contributed by atoms with Gasteiger partial charge in [0, 0.05) is 24.6 Å². The van der Waals surface area contributed by atoms with Gasteiger partial charge in [-0.05, 0) is 18.2 Å². The van der Waals surface area contributed by atoms with Crippen LogP contribution in [-0.2, 0) is 22.9 Å². The molecule has 21 heavy (non-hydrogen) atoms. The summed E-state index contributed by atoms with van der Waals surface area (Å²) in [5.74, 6) is -0.523. The minimum atomic E-state index is -3.38. The zero-order valence-electron chi connectivity index (χ0n) is 11.5. The van der Waals surface area contributed by atoms with E-state index in [-0.39, 0.29) is 17.2 Å². The SMILES string of the molecule is CS(=O)(=O)c1ccc(F)c(NCc2cnn(CCO)c2)c1. The molecule has 0 atom stereocenters. The smallest absolute Gasteiger partial charge is 0.175 e. The first-order chi connectivity index (χ1) is 9.90. The van der Waals surface area contributed by atoms with Crippen molar-refractivity contribution in [1.82, 2.24) is 9.78 Å². The molecule has 1 aromatic heterocycles. The normalized spacial score (nSPS) is 11.6. The van der Waals surface area contributed by atoms with E-state index in [1.54, 1.807) is 17.1 Å². The maximum absolute atomic E-state index is 13.7. The van der Waals surface area contributed by atoms with Crippen LogP contribution in [0.1, 0.15) is 5.56 Å². The van der Waals surface area contributed by atoms with E-state index in [0.29, 0.717) is 13.1 Å². The Balaban J connectivity index is 2.12. The second kappa shape index (κ2) is 6.23. The van der Waals surface area contributed by atoms with Crippen LogP contribution in [0.5, 0.6) is 0 Å². The summed E-state index contributed by atoms with van der Waals surface area (Å²) in [4.78, 5) is 0.0578. The standard InChI is InChI=1S/C13H16FN3O3S/c1-21(19,20)11-2-3-12(14)13(6-11)15-7-10-8-16-17(9-10)4-5-18/h2-3,6,8-9,15,18H,4-5,7H2,1H3. The summed E-state index contributed by atoms with van der Waals surface area (Å²) in [6.45, 7) is 0.674. The van der Waals surface area contributed by atoms with Gasteiger partial charge in [-0.3, -0.25) is 4.68 Å². The number of aliphatic hydroxyl groups is 1. The Morgan fingerprint density at radius 1 is 1.43 bits per heavy atom.